The molecule has 0 radical (unpaired) electrons. The maximum Gasteiger partial charge on any atom is 0.227 e. The fraction of sp³-hybridized carbons (Fsp3) is 0.286. The smallest absolute Gasteiger partial charge is 0.227 e. The van der Waals surface area contributed by atoms with Gasteiger partial charge in [0.2, 0.25) is 5.91 Å². The van der Waals surface area contributed by atoms with Gasteiger partial charge in [-0.25, -0.2) is 0 Å². The van der Waals surface area contributed by atoms with Gasteiger partial charge in [-0.2, -0.15) is 5.10 Å². The second-order valence-corrected chi connectivity index (χ2v) is 5.43. The van der Waals surface area contributed by atoms with Crippen LogP contribution in [0.5, 0.6) is 5.75 Å². The fourth-order valence-electron chi connectivity index (χ4n) is 1.95. The standard InChI is InChI=1S/C8H11N3O.C6H4Cl2O/c1-10-6-7(5-9-10)11-4-2-3-8(11)12;7-5-2-1-4(9)3-6(5)8/h5-6H,2-4H2,1H3;1-3,9H. The van der Waals surface area contributed by atoms with Crippen molar-refractivity contribution in [1.82, 2.24) is 9.78 Å². The lowest BCUT2D eigenvalue weighted by Crippen LogP contribution is -2.23. The molecule has 1 saturated heterocycles. The zero-order valence-corrected chi connectivity index (χ0v) is 13.0. The maximum absolute atomic E-state index is 11.3. The number of amides is 1. The van der Waals surface area contributed by atoms with Crippen molar-refractivity contribution < 1.29 is 9.90 Å². The highest BCUT2D eigenvalue weighted by atomic mass is 35.5. The molecule has 1 fully saturated rings. The Bertz CT molecular complexity index is 643. The minimum Gasteiger partial charge on any atom is -0.508 e. The van der Waals surface area contributed by atoms with Crippen LogP contribution < -0.4 is 4.90 Å². The van der Waals surface area contributed by atoms with E-state index in [1.807, 2.05) is 13.2 Å². The first kappa shape index (κ1) is 15.7. The van der Waals surface area contributed by atoms with E-state index in [4.69, 9.17) is 28.3 Å². The van der Waals surface area contributed by atoms with Crippen LogP contribution in [0, 0.1) is 0 Å². The Balaban J connectivity index is 0.000000161. The van der Waals surface area contributed by atoms with Crippen molar-refractivity contribution in [2.45, 2.75) is 12.8 Å². The lowest BCUT2D eigenvalue weighted by atomic mass is 10.3. The first-order valence-electron chi connectivity index (χ1n) is 6.40. The third kappa shape index (κ3) is 4.12. The Hall–Kier alpha value is -1.72. The number of aryl methyl sites for hydroxylation is 1. The molecule has 0 atom stereocenters. The maximum atomic E-state index is 11.3. The van der Waals surface area contributed by atoms with Crippen LogP contribution in [0.25, 0.3) is 0 Å². The van der Waals surface area contributed by atoms with E-state index in [9.17, 15) is 4.79 Å². The van der Waals surface area contributed by atoms with Crippen LogP contribution in [0.3, 0.4) is 0 Å². The van der Waals surface area contributed by atoms with Crippen molar-refractivity contribution in [2.24, 2.45) is 7.05 Å². The van der Waals surface area contributed by atoms with Gasteiger partial charge in [-0.3, -0.25) is 9.48 Å². The molecule has 0 spiro atoms. The highest BCUT2D eigenvalue weighted by molar-refractivity contribution is 6.42. The third-order valence-electron chi connectivity index (χ3n) is 2.98. The topological polar surface area (TPSA) is 58.4 Å². The summed E-state index contributed by atoms with van der Waals surface area (Å²) in [6, 6.07) is 4.41. The van der Waals surface area contributed by atoms with E-state index in [1.54, 1.807) is 21.8 Å². The normalized spacial score (nSPS) is 14.0. The molecule has 1 aromatic heterocycles. The Morgan fingerprint density at radius 1 is 1.29 bits per heavy atom. The van der Waals surface area contributed by atoms with Gasteiger partial charge in [0.25, 0.3) is 0 Å². The summed E-state index contributed by atoms with van der Waals surface area (Å²) in [5, 5.41) is 13.6. The predicted octanol–water partition coefficient (Wildman–Crippen LogP) is 3.25. The monoisotopic (exact) mass is 327 g/mol. The second kappa shape index (κ2) is 6.83. The Morgan fingerprint density at radius 2 is 2.05 bits per heavy atom. The van der Waals surface area contributed by atoms with Crippen LogP contribution in [-0.2, 0) is 11.8 Å². The minimum absolute atomic E-state index is 0.129. The summed E-state index contributed by atoms with van der Waals surface area (Å²) in [5.41, 5.74) is 0.917. The molecular formula is C14H15Cl2N3O2. The minimum atomic E-state index is 0.129. The highest BCUT2D eigenvalue weighted by Crippen LogP contribution is 2.25. The van der Waals surface area contributed by atoms with E-state index >= 15 is 0 Å². The van der Waals surface area contributed by atoms with Gasteiger partial charge in [0.1, 0.15) is 5.75 Å². The lowest BCUT2D eigenvalue weighted by molar-refractivity contribution is -0.117. The number of hydrogen-bond acceptors (Lipinski definition) is 3. The van der Waals surface area contributed by atoms with Crippen molar-refractivity contribution in [3.63, 3.8) is 0 Å². The summed E-state index contributed by atoms with van der Waals surface area (Å²) in [7, 11) is 1.85. The molecule has 2 heterocycles. The number of aromatic hydroxyl groups is 1. The number of benzene rings is 1. The Kier molecular flexibility index (Phi) is 5.09. The summed E-state index contributed by atoms with van der Waals surface area (Å²) in [6.07, 6.45) is 5.23. The highest BCUT2D eigenvalue weighted by Gasteiger charge is 2.22. The van der Waals surface area contributed by atoms with E-state index in [0.29, 0.717) is 16.5 Å². The van der Waals surface area contributed by atoms with Crippen LogP contribution >= 0.6 is 23.2 Å². The summed E-state index contributed by atoms with van der Waals surface area (Å²) >= 11 is 11.1. The number of phenols is 1. The zero-order valence-electron chi connectivity index (χ0n) is 11.5. The molecule has 112 valence electrons. The van der Waals surface area contributed by atoms with E-state index in [2.05, 4.69) is 5.10 Å². The van der Waals surface area contributed by atoms with Crippen LogP contribution in [-0.4, -0.2) is 27.3 Å². The first-order chi connectivity index (χ1) is 9.97. The third-order valence-corrected chi connectivity index (χ3v) is 3.72. The number of nitrogens with zero attached hydrogens (tertiary/aromatic N) is 3. The van der Waals surface area contributed by atoms with Crippen LogP contribution in [0.2, 0.25) is 10.0 Å². The number of halogens is 2. The van der Waals surface area contributed by atoms with Crippen molar-refractivity contribution in [3.05, 3.63) is 40.6 Å². The van der Waals surface area contributed by atoms with Gasteiger partial charge in [0.05, 0.1) is 21.9 Å². The van der Waals surface area contributed by atoms with Crippen molar-refractivity contribution in [1.29, 1.82) is 0 Å². The summed E-state index contributed by atoms with van der Waals surface area (Å²) in [5.74, 6) is 0.340. The van der Waals surface area contributed by atoms with Crippen LogP contribution in [0.4, 0.5) is 5.69 Å². The van der Waals surface area contributed by atoms with E-state index in [1.165, 1.54) is 12.1 Å². The largest absolute Gasteiger partial charge is 0.508 e. The van der Waals surface area contributed by atoms with Gasteiger partial charge >= 0.3 is 0 Å². The van der Waals surface area contributed by atoms with Gasteiger partial charge in [0, 0.05) is 26.2 Å². The second-order valence-electron chi connectivity index (χ2n) is 4.62. The average Bonchev–Trinajstić information content (AvgIpc) is 3.03. The number of aromatic nitrogens is 2. The summed E-state index contributed by atoms with van der Waals surface area (Å²) < 4.78 is 1.71. The van der Waals surface area contributed by atoms with Gasteiger partial charge in [-0.15, -0.1) is 0 Å². The van der Waals surface area contributed by atoms with Gasteiger partial charge in [0.15, 0.2) is 0 Å². The number of rotatable bonds is 1. The van der Waals surface area contributed by atoms with Crippen molar-refractivity contribution in [3.8, 4) is 5.75 Å². The quantitative estimate of drug-likeness (QED) is 0.874. The van der Waals surface area contributed by atoms with E-state index in [0.717, 1.165) is 18.7 Å². The number of hydrogen-bond donors (Lipinski definition) is 1. The number of phenolic OH excluding ortho intramolecular Hbond substituents is 1. The molecule has 2 aromatic rings. The van der Waals surface area contributed by atoms with Crippen LogP contribution in [0.1, 0.15) is 12.8 Å². The van der Waals surface area contributed by atoms with Crippen molar-refractivity contribution >= 4 is 34.8 Å². The van der Waals surface area contributed by atoms with Crippen molar-refractivity contribution in [2.75, 3.05) is 11.4 Å². The molecule has 0 bridgehead atoms. The SMILES string of the molecule is Cn1cc(N2CCCC2=O)cn1.Oc1ccc(Cl)c(Cl)c1. The fourth-order valence-corrected chi connectivity index (χ4v) is 2.25. The molecule has 1 aliphatic heterocycles. The Labute approximate surface area is 132 Å². The number of carbonyl (C=O) groups is 1. The van der Waals surface area contributed by atoms with Gasteiger partial charge in [-0.1, -0.05) is 23.2 Å². The number of anilines is 1. The Morgan fingerprint density at radius 3 is 2.52 bits per heavy atom. The molecule has 1 amide bonds. The molecule has 5 nitrogen and oxygen atoms in total. The zero-order chi connectivity index (χ0) is 15.4. The summed E-state index contributed by atoms with van der Waals surface area (Å²) in [4.78, 5) is 13.1. The average molecular weight is 328 g/mol. The first-order valence-corrected chi connectivity index (χ1v) is 7.16. The summed E-state index contributed by atoms with van der Waals surface area (Å²) in [6.45, 7) is 0.838. The van der Waals surface area contributed by atoms with Gasteiger partial charge < -0.3 is 10.0 Å². The van der Waals surface area contributed by atoms with E-state index in [-0.39, 0.29) is 11.7 Å². The molecule has 1 aromatic carbocycles. The molecule has 3 rings (SSSR count). The molecular weight excluding hydrogens is 313 g/mol. The molecule has 7 heteroatoms. The molecule has 1 aliphatic rings. The lowest BCUT2D eigenvalue weighted by Gasteiger charge is -2.11. The molecule has 21 heavy (non-hydrogen) atoms. The van der Waals surface area contributed by atoms with Crippen LogP contribution in [0.15, 0.2) is 30.6 Å². The molecule has 0 saturated carbocycles. The predicted molar refractivity (Wildman–Crippen MR) is 82.9 cm³/mol. The number of carbonyl (C=O) groups excluding carboxylic acids is 1. The molecule has 0 aliphatic carbocycles. The van der Waals surface area contributed by atoms with Gasteiger partial charge in [-0.05, 0) is 24.6 Å². The van der Waals surface area contributed by atoms with E-state index < -0.39 is 0 Å². The molecule has 0 unspecified atom stereocenters. The molecule has 1 N–H and O–H groups in total.